The Morgan fingerprint density at radius 2 is 1.75 bits per heavy atom. The van der Waals surface area contributed by atoms with Crippen molar-refractivity contribution in [3.05, 3.63) is 82.2 Å². The van der Waals surface area contributed by atoms with E-state index in [2.05, 4.69) is 54.6 Å². The van der Waals surface area contributed by atoms with Crippen LogP contribution in [0.1, 0.15) is 38.4 Å². The monoisotopic (exact) mass is 373 g/mol. The van der Waals surface area contributed by atoms with Gasteiger partial charge in [0.05, 0.1) is 12.7 Å². The van der Waals surface area contributed by atoms with Crippen molar-refractivity contribution in [3.63, 3.8) is 0 Å². The Labute approximate surface area is 164 Å². The van der Waals surface area contributed by atoms with E-state index in [1.54, 1.807) is 16.9 Å². The second-order valence-electron chi connectivity index (χ2n) is 7.30. The Morgan fingerprint density at radius 1 is 1.04 bits per heavy atom. The molecular weight excluding hydrogens is 350 g/mol. The first-order chi connectivity index (χ1) is 13.4. The van der Waals surface area contributed by atoms with Crippen LogP contribution >= 0.6 is 0 Å². The fourth-order valence-corrected chi connectivity index (χ4v) is 3.30. The number of aromatic nitrogens is 2. The van der Waals surface area contributed by atoms with Gasteiger partial charge in [-0.25, -0.2) is 4.68 Å². The van der Waals surface area contributed by atoms with Crippen LogP contribution in [0.3, 0.4) is 0 Å². The molecule has 4 rings (SSSR count). The first-order valence-electron chi connectivity index (χ1n) is 9.31. The van der Waals surface area contributed by atoms with E-state index in [0.717, 1.165) is 27.7 Å². The third-order valence-electron chi connectivity index (χ3n) is 5.17. The van der Waals surface area contributed by atoms with E-state index in [9.17, 15) is 4.79 Å². The predicted molar refractivity (Wildman–Crippen MR) is 111 cm³/mol. The SMILES string of the molecule is Cc1ccc(Cn2nccc2NC(=O)c2oc3cc(C)c(C)cc3c2C)cc1. The smallest absolute Gasteiger partial charge is 0.292 e. The number of carbonyl (C=O) groups excluding carboxylic acids is 1. The van der Waals surface area contributed by atoms with Crippen LogP contribution in [-0.4, -0.2) is 15.7 Å². The first kappa shape index (κ1) is 18.0. The van der Waals surface area contributed by atoms with Gasteiger partial charge in [-0.1, -0.05) is 29.8 Å². The van der Waals surface area contributed by atoms with E-state index in [1.165, 1.54) is 11.1 Å². The van der Waals surface area contributed by atoms with Gasteiger partial charge in [-0.2, -0.15) is 5.10 Å². The van der Waals surface area contributed by atoms with E-state index >= 15 is 0 Å². The quantitative estimate of drug-likeness (QED) is 0.537. The van der Waals surface area contributed by atoms with Crippen LogP contribution in [0.5, 0.6) is 0 Å². The molecule has 5 heteroatoms. The van der Waals surface area contributed by atoms with Crippen molar-refractivity contribution in [2.45, 2.75) is 34.2 Å². The molecule has 0 saturated heterocycles. The van der Waals surface area contributed by atoms with Crippen molar-refractivity contribution in [1.82, 2.24) is 9.78 Å². The van der Waals surface area contributed by atoms with Crippen LogP contribution in [0, 0.1) is 27.7 Å². The zero-order chi connectivity index (χ0) is 19.8. The predicted octanol–water partition coefficient (Wildman–Crippen LogP) is 5.16. The van der Waals surface area contributed by atoms with Crippen molar-refractivity contribution in [2.24, 2.45) is 0 Å². The Balaban J connectivity index is 1.59. The third-order valence-corrected chi connectivity index (χ3v) is 5.17. The lowest BCUT2D eigenvalue weighted by Crippen LogP contribution is -2.16. The van der Waals surface area contributed by atoms with E-state index in [0.29, 0.717) is 18.1 Å². The van der Waals surface area contributed by atoms with E-state index in [4.69, 9.17) is 4.42 Å². The van der Waals surface area contributed by atoms with Gasteiger partial charge in [0.25, 0.3) is 5.91 Å². The highest BCUT2D eigenvalue weighted by Crippen LogP contribution is 2.28. The average molecular weight is 373 g/mol. The Bertz CT molecular complexity index is 1170. The lowest BCUT2D eigenvalue weighted by Gasteiger charge is -2.09. The standard InChI is InChI=1S/C23H23N3O2/c1-14-5-7-18(8-6-14)13-26-21(9-10-24-26)25-23(27)22-17(4)19-11-15(2)16(3)12-20(19)28-22/h5-12H,13H2,1-4H3,(H,25,27). The molecule has 2 aromatic heterocycles. The molecule has 2 heterocycles. The Kier molecular flexibility index (Phi) is 4.51. The lowest BCUT2D eigenvalue weighted by atomic mass is 10.1. The van der Waals surface area contributed by atoms with Crippen molar-refractivity contribution in [1.29, 1.82) is 0 Å². The summed E-state index contributed by atoms with van der Waals surface area (Å²) in [6.07, 6.45) is 1.68. The Morgan fingerprint density at radius 3 is 2.50 bits per heavy atom. The highest BCUT2D eigenvalue weighted by molar-refractivity contribution is 6.06. The van der Waals surface area contributed by atoms with Crippen LogP contribution in [-0.2, 0) is 6.54 Å². The maximum Gasteiger partial charge on any atom is 0.292 e. The molecule has 0 aliphatic heterocycles. The summed E-state index contributed by atoms with van der Waals surface area (Å²) in [4.78, 5) is 12.9. The number of nitrogens with zero attached hydrogens (tertiary/aromatic N) is 2. The molecule has 0 radical (unpaired) electrons. The zero-order valence-corrected chi connectivity index (χ0v) is 16.5. The molecule has 28 heavy (non-hydrogen) atoms. The number of nitrogens with one attached hydrogen (secondary N) is 1. The highest BCUT2D eigenvalue weighted by atomic mass is 16.3. The topological polar surface area (TPSA) is 60.1 Å². The summed E-state index contributed by atoms with van der Waals surface area (Å²) in [5.41, 5.74) is 6.24. The van der Waals surface area contributed by atoms with E-state index in [-0.39, 0.29) is 5.91 Å². The fourth-order valence-electron chi connectivity index (χ4n) is 3.30. The summed E-state index contributed by atoms with van der Waals surface area (Å²) in [6, 6.07) is 14.1. The minimum absolute atomic E-state index is 0.269. The molecule has 0 unspecified atom stereocenters. The molecule has 0 aliphatic rings. The number of amides is 1. The third kappa shape index (κ3) is 3.31. The van der Waals surface area contributed by atoms with Gasteiger partial charge in [0.2, 0.25) is 0 Å². The summed E-state index contributed by atoms with van der Waals surface area (Å²) in [5, 5.41) is 8.25. The van der Waals surface area contributed by atoms with Gasteiger partial charge in [-0.15, -0.1) is 0 Å². The number of rotatable bonds is 4. The molecule has 1 N–H and O–H groups in total. The molecule has 0 spiro atoms. The van der Waals surface area contributed by atoms with Gasteiger partial charge in [0, 0.05) is 17.0 Å². The average Bonchev–Trinajstić information content (AvgIpc) is 3.22. The Hall–Kier alpha value is -3.34. The molecular formula is C23H23N3O2. The van der Waals surface area contributed by atoms with Crippen molar-refractivity contribution in [3.8, 4) is 0 Å². The van der Waals surface area contributed by atoms with Crippen molar-refractivity contribution in [2.75, 3.05) is 5.32 Å². The molecule has 0 bridgehead atoms. The second-order valence-corrected chi connectivity index (χ2v) is 7.30. The number of anilines is 1. The fraction of sp³-hybridized carbons (Fsp3) is 0.217. The van der Waals surface area contributed by atoms with E-state index in [1.807, 2.05) is 19.9 Å². The molecule has 0 saturated carbocycles. The van der Waals surface area contributed by atoms with Gasteiger partial charge >= 0.3 is 0 Å². The minimum Gasteiger partial charge on any atom is -0.451 e. The number of carbonyl (C=O) groups is 1. The normalized spacial score (nSPS) is 11.1. The molecule has 2 aromatic carbocycles. The summed E-state index contributed by atoms with van der Waals surface area (Å²) < 4.78 is 7.65. The van der Waals surface area contributed by atoms with Gasteiger partial charge in [0.15, 0.2) is 5.76 Å². The summed E-state index contributed by atoms with van der Waals surface area (Å²) in [6.45, 7) is 8.65. The van der Waals surface area contributed by atoms with Crippen LogP contribution in [0.4, 0.5) is 5.82 Å². The molecule has 5 nitrogen and oxygen atoms in total. The largest absolute Gasteiger partial charge is 0.451 e. The number of hydrogen-bond donors (Lipinski definition) is 1. The van der Waals surface area contributed by atoms with Crippen LogP contribution in [0.15, 0.2) is 53.1 Å². The molecule has 4 aromatic rings. The van der Waals surface area contributed by atoms with Gasteiger partial charge in [-0.3, -0.25) is 4.79 Å². The van der Waals surface area contributed by atoms with Gasteiger partial charge < -0.3 is 9.73 Å². The molecule has 0 atom stereocenters. The zero-order valence-electron chi connectivity index (χ0n) is 16.5. The number of furan rings is 1. The molecule has 142 valence electrons. The van der Waals surface area contributed by atoms with Crippen LogP contribution in [0.25, 0.3) is 11.0 Å². The maximum atomic E-state index is 12.9. The van der Waals surface area contributed by atoms with Crippen LogP contribution in [0.2, 0.25) is 0 Å². The molecule has 0 aliphatic carbocycles. The number of hydrogen-bond acceptors (Lipinski definition) is 3. The van der Waals surface area contributed by atoms with E-state index < -0.39 is 0 Å². The second kappa shape index (κ2) is 7.00. The number of aryl methyl sites for hydroxylation is 4. The summed E-state index contributed by atoms with van der Waals surface area (Å²) in [7, 11) is 0. The minimum atomic E-state index is -0.269. The van der Waals surface area contributed by atoms with Crippen molar-refractivity contribution >= 4 is 22.7 Å². The van der Waals surface area contributed by atoms with Crippen molar-refractivity contribution < 1.29 is 9.21 Å². The molecule has 0 fully saturated rings. The molecule has 1 amide bonds. The highest BCUT2D eigenvalue weighted by Gasteiger charge is 2.19. The number of fused-ring (bicyclic) bond motifs is 1. The lowest BCUT2D eigenvalue weighted by molar-refractivity contribution is 0.0997. The van der Waals surface area contributed by atoms with Gasteiger partial charge in [0.1, 0.15) is 11.4 Å². The summed E-state index contributed by atoms with van der Waals surface area (Å²) >= 11 is 0. The summed E-state index contributed by atoms with van der Waals surface area (Å²) in [5.74, 6) is 0.704. The first-order valence-corrected chi connectivity index (χ1v) is 9.31. The number of benzene rings is 2. The van der Waals surface area contributed by atoms with Crippen LogP contribution < -0.4 is 5.32 Å². The van der Waals surface area contributed by atoms with Gasteiger partial charge in [-0.05, 0) is 56.5 Å². The maximum absolute atomic E-state index is 12.9.